The molecule has 1 N–H and O–H groups in total. The highest BCUT2D eigenvalue weighted by atomic mass is 19.1. The molecule has 0 amide bonds. The first-order valence-electron chi connectivity index (χ1n) is 4.76. The molecule has 0 saturated carbocycles. The molecule has 0 aromatic heterocycles. The van der Waals surface area contributed by atoms with Crippen LogP contribution >= 0.6 is 0 Å². The fourth-order valence-corrected chi connectivity index (χ4v) is 2.03. The summed E-state index contributed by atoms with van der Waals surface area (Å²) in [6.45, 7) is 2.73. The number of alkyl halides is 1. The monoisotopic (exact) mass is 173 g/mol. The Balaban J connectivity index is 1.77. The lowest BCUT2D eigenvalue weighted by Crippen LogP contribution is -2.57. The van der Waals surface area contributed by atoms with E-state index in [1.807, 2.05) is 0 Å². The van der Waals surface area contributed by atoms with Gasteiger partial charge in [0.25, 0.3) is 0 Å². The molecule has 0 bridgehead atoms. The van der Waals surface area contributed by atoms with E-state index in [2.05, 4.69) is 5.32 Å². The van der Waals surface area contributed by atoms with Gasteiger partial charge in [-0.05, 0) is 25.2 Å². The van der Waals surface area contributed by atoms with Crippen molar-refractivity contribution in [2.24, 2.45) is 5.92 Å². The van der Waals surface area contributed by atoms with Crippen LogP contribution in [0, 0.1) is 5.92 Å². The predicted octanol–water partition coefficient (Wildman–Crippen LogP) is 1.11. The van der Waals surface area contributed by atoms with Crippen LogP contribution < -0.4 is 5.32 Å². The van der Waals surface area contributed by atoms with E-state index in [0.717, 1.165) is 26.1 Å². The Morgan fingerprint density at radius 3 is 2.83 bits per heavy atom. The van der Waals surface area contributed by atoms with Crippen molar-refractivity contribution in [1.29, 1.82) is 0 Å². The summed E-state index contributed by atoms with van der Waals surface area (Å²) in [5.41, 5.74) is -0.911. The summed E-state index contributed by atoms with van der Waals surface area (Å²) in [5, 5.41) is 2.98. The molecule has 2 saturated heterocycles. The topological polar surface area (TPSA) is 21.3 Å². The van der Waals surface area contributed by atoms with Crippen LogP contribution in [-0.4, -0.2) is 32.0 Å². The van der Waals surface area contributed by atoms with Gasteiger partial charge in [-0.15, -0.1) is 0 Å². The Kier molecular flexibility index (Phi) is 2.33. The SMILES string of the molecule is FC1(CC2CCCOC2)CNC1. The summed E-state index contributed by atoms with van der Waals surface area (Å²) in [7, 11) is 0. The molecule has 12 heavy (non-hydrogen) atoms. The molecule has 0 aromatic rings. The van der Waals surface area contributed by atoms with Gasteiger partial charge in [-0.2, -0.15) is 0 Å². The van der Waals surface area contributed by atoms with E-state index < -0.39 is 5.67 Å². The van der Waals surface area contributed by atoms with Crippen molar-refractivity contribution in [3.63, 3.8) is 0 Å². The summed E-state index contributed by atoms with van der Waals surface area (Å²) >= 11 is 0. The Morgan fingerprint density at radius 1 is 1.50 bits per heavy atom. The second kappa shape index (κ2) is 3.30. The minimum atomic E-state index is -0.911. The van der Waals surface area contributed by atoms with Gasteiger partial charge in [-0.25, -0.2) is 4.39 Å². The maximum absolute atomic E-state index is 13.6. The maximum Gasteiger partial charge on any atom is 0.136 e. The van der Waals surface area contributed by atoms with Crippen LogP contribution in [0.3, 0.4) is 0 Å². The van der Waals surface area contributed by atoms with Gasteiger partial charge in [-0.3, -0.25) is 0 Å². The molecule has 0 aliphatic carbocycles. The molecule has 0 aromatic carbocycles. The van der Waals surface area contributed by atoms with Crippen LogP contribution in [-0.2, 0) is 4.74 Å². The zero-order valence-corrected chi connectivity index (χ0v) is 7.31. The first-order valence-corrected chi connectivity index (χ1v) is 4.76. The highest BCUT2D eigenvalue weighted by Crippen LogP contribution is 2.29. The lowest BCUT2D eigenvalue weighted by Gasteiger charge is -2.38. The normalized spacial score (nSPS) is 34.2. The summed E-state index contributed by atoms with van der Waals surface area (Å²) < 4.78 is 18.9. The molecule has 3 heteroatoms. The molecule has 0 radical (unpaired) electrons. The van der Waals surface area contributed by atoms with E-state index in [1.54, 1.807) is 0 Å². The van der Waals surface area contributed by atoms with Crippen molar-refractivity contribution in [3.8, 4) is 0 Å². The molecule has 0 spiro atoms. The van der Waals surface area contributed by atoms with Crippen LogP contribution in [0.4, 0.5) is 4.39 Å². The molecule has 2 rings (SSSR count). The third-order valence-electron chi connectivity index (χ3n) is 2.79. The number of halogens is 1. The average molecular weight is 173 g/mol. The van der Waals surface area contributed by atoms with Crippen LogP contribution in [0.2, 0.25) is 0 Å². The Labute approximate surface area is 72.5 Å². The van der Waals surface area contributed by atoms with Crippen molar-refractivity contribution in [1.82, 2.24) is 5.32 Å². The lowest BCUT2D eigenvalue weighted by atomic mass is 9.85. The van der Waals surface area contributed by atoms with E-state index in [1.165, 1.54) is 0 Å². The Morgan fingerprint density at radius 2 is 2.33 bits per heavy atom. The van der Waals surface area contributed by atoms with Gasteiger partial charge in [0, 0.05) is 26.3 Å². The number of rotatable bonds is 2. The lowest BCUT2D eigenvalue weighted by molar-refractivity contribution is 0.00117. The van der Waals surface area contributed by atoms with Crippen LogP contribution in [0.15, 0.2) is 0 Å². The van der Waals surface area contributed by atoms with E-state index in [9.17, 15) is 4.39 Å². The molecular weight excluding hydrogens is 157 g/mol. The molecule has 2 heterocycles. The molecule has 1 unspecified atom stereocenters. The fraction of sp³-hybridized carbons (Fsp3) is 1.00. The highest BCUT2D eigenvalue weighted by Gasteiger charge is 2.39. The Bertz CT molecular complexity index is 153. The van der Waals surface area contributed by atoms with Crippen LogP contribution in [0.25, 0.3) is 0 Å². The number of hydrogen-bond donors (Lipinski definition) is 1. The minimum absolute atomic E-state index is 0.464. The molecule has 2 aliphatic heterocycles. The largest absolute Gasteiger partial charge is 0.381 e. The van der Waals surface area contributed by atoms with Crippen molar-refractivity contribution >= 4 is 0 Å². The molecule has 2 aliphatic rings. The van der Waals surface area contributed by atoms with E-state index in [4.69, 9.17) is 4.74 Å². The number of hydrogen-bond acceptors (Lipinski definition) is 2. The summed E-state index contributed by atoms with van der Waals surface area (Å²) in [6, 6.07) is 0. The number of ether oxygens (including phenoxy) is 1. The average Bonchev–Trinajstić information content (AvgIpc) is 2.04. The standard InChI is InChI=1S/C9H16FNO/c10-9(6-11-7-9)4-8-2-1-3-12-5-8/h8,11H,1-7H2. The molecule has 2 fully saturated rings. The van der Waals surface area contributed by atoms with Crippen LogP contribution in [0.1, 0.15) is 19.3 Å². The van der Waals surface area contributed by atoms with E-state index >= 15 is 0 Å². The molecule has 70 valence electrons. The van der Waals surface area contributed by atoms with E-state index in [0.29, 0.717) is 25.4 Å². The quantitative estimate of drug-likeness (QED) is 0.675. The maximum atomic E-state index is 13.6. The predicted molar refractivity (Wildman–Crippen MR) is 44.9 cm³/mol. The first-order chi connectivity index (χ1) is 5.79. The van der Waals surface area contributed by atoms with Gasteiger partial charge in [0.05, 0.1) is 0 Å². The highest BCUT2D eigenvalue weighted by molar-refractivity contribution is 4.94. The third kappa shape index (κ3) is 1.77. The zero-order chi connectivity index (χ0) is 8.44. The van der Waals surface area contributed by atoms with Crippen LogP contribution in [0.5, 0.6) is 0 Å². The van der Waals surface area contributed by atoms with Gasteiger partial charge in [-0.1, -0.05) is 0 Å². The fourth-order valence-electron chi connectivity index (χ4n) is 2.03. The van der Waals surface area contributed by atoms with Gasteiger partial charge >= 0.3 is 0 Å². The smallest absolute Gasteiger partial charge is 0.136 e. The summed E-state index contributed by atoms with van der Waals surface area (Å²) in [5.74, 6) is 0.464. The van der Waals surface area contributed by atoms with Crippen molar-refractivity contribution in [2.45, 2.75) is 24.9 Å². The molecular formula is C9H16FNO. The third-order valence-corrected chi connectivity index (χ3v) is 2.79. The van der Waals surface area contributed by atoms with Crippen molar-refractivity contribution < 1.29 is 9.13 Å². The summed E-state index contributed by atoms with van der Waals surface area (Å²) in [6.07, 6.45) is 2.94. The second-order valence-electron chi connectivity index (χ2n) is 4.04. The Hall–Kier alpha value is -0.150. The molecule has 1 atom stereocenters. The molecule has 2 nitrogen and oxygen atoms in total. The summed E-state index contributed by atoms with van der Waals surface area (Å²) in [4.78, 5) is 0. The minimum Gasteiger partial charge on any atom is -0.381 e. The van der Waals surface area contributed by atoms with Gasteiger partial charge in [0.15, 0.2) is 0 Å². The van der Waals surface area contributed by atoms with Crippen molar-refractivity contribution in [3.05, 3.63) is 0 Å². The van der Waals surface area contributed by atoms with Crippen molar-refractivity contribution in [2.75, 3.05) is 26.3 Å². The second-order valence-corrected chi connectivity index (χ2v) is 4.04. The number of nitrogens with one attached hydrogen (secondary N) is 1. The van der Waals surface area contributed by atoms with E-state index in [-0.39, 0.29) is 0 Å². The van der Waals surface area contributed by atoms with Gasteiger partial charge in [0.2, 0.25) is 0 Å². The van der Waals surface area contributed by atoms with Gasteiger partial charge in [0.1, 0.15) is 5.67 Å². The zero-order valence-electron chi connectivity index (χ0n) is 7.31. The first kappa shape index (κ1) is 8.45. The van der Waals surface area contributed by atoms with Gasteiger partial charge < -0.3 is 10.1 Å².